The first kappa shape index (κ1) is 13.7. The van der Waals surface area contributed by atoms with Crippen LogP contribution < -0.4 is 11.1 Å². The highest BCUT2D eigenvalue weighted by Crippen LogP contribution is 2.31. The lowest BCUT2D eigenvalue weighted by molar-refractivity contribution is 0.0232. The molecule has 0 saturated heterocycles. The number of aryl methyl sites for hydroxylation is 1. The molecule has 104 valence electrons. The molecule has 1 aliphatic rings. The van der Waals surface area contributed by atoms with Gasteiger partial charge in [-0.3, -0.25) is 4.79 Å². The standard InChI is InChI=1S/C13H20N4O2/c1-3-11(8-4-9(18)5-8)17-12(19)10-6-15-13(14)16-7(10)2/h6,8-9,11,18H,3-5H2,1-2H3,(H,17,19)(H2,14,15,16). The second-order valence-electron chi connectivity index (χ2n) is 5.10. The predicted molar refractivity (Wildman–Crippen MR) is 71.5 cm³/mol. The molecule has 0 spiro atoms. The number of amides is 1. The van der Waals surface area contributed by atoms with E-state index < -0.39 is 0 Å². The number of carbonyl (C=O) groups excluding carboxylic acids is 1. The Morgan fingerprint density at radius 3 is 2.84 bits per heavy atom. The van der Waals surface area contributed by atoms with Crippen molar-refractivity contribution in [1.29, 1.82) is 0 Å². The Labute approximate surface area is 112 Å². The highest BCUT2D eigenvalue weighted by Gasteiger charge is 2.34. The second-order valence-corrected chi connectivity index (χ2v) is 5.10. The van der Waals surface area contributed by atoms with Gasteiger partial charge in [-0.1, -0.05) is 6.92 Å². The Balaban J connectivity index is 2.03. The minimum atomic E-state index is -0.211. The van der Waals surface area contributed by atoms with Crippen LogP contribution in [0.3, 0.4) is 0 Å². The number of aliphatic hydroxyl groups excluding tert-OH is 1. The molecule has 1 saturated carbocycles. The van der Waals surface area contributed by atoms with Gasteiger partial charge in [-0.15, -0.1) is 0 Å². The van der Waals surface area contributed by atoms with Crippen molar-refractivity contribution in [3.63, 3.8) is 0 Å². The molecule has 1 atom stereocenters. The fraction of sp³-hybridized carbons (Fsp3) is 0.615. The van der Waals surface area contributed by atoms with Gasteiger partial charge in [-0.05, 0) is 32.1 Å². The molecule has 0 aliphatic heterocycles. The molecule has 1 unspecified atom stereocenters. The van der Waals surface area contributed by atoms with Gasteiger partial charge in [0.25, 0.3) is 5.91 Å². The Kier molecular flexibility index (Phi) is 3.99. The third-order valence-corrected chi connectivity index (χ3v) is 3.72. The van der Waals surface area contributed by atoms with Crippen LogP contribution in [0.4, 0.5) is 5.95 Å². The summed E-state index contributed by atoms with van der Waals surface area (Å²) in [5, 5.41) is 12.3. The van der Waals surface area contributed by atoms with Gasteiger partial charge < -0.3 is 16.2 Å². The van der Waals surface area contributed by atoms with Crippen molar-refractivity contribution in [3.8, 4) is 0 Å². The van der Waals surface area contributed by atoms with E-state index in [1.54, 1.807) is 6.92 Å². The molecule has 0 radical (unpaired) electrons. The van der Waals surface area contributed by atoms with Crippen molar-refractivity contribution in [1.82, 2.24) is 15.3 Å². The summed E-state index contributed by atoms with van der Waals surface area (Å²) in [6.07, 6.45) is 3.61. The minimum Gasteiger partial charge on any atom is -0.393 e. The molecule has 0 aromatic carbocycles. The number of aliphatic hydroxyl groups is 1. The normalized spacial score (nSPS) is 23.5. The summed E-state index contributed by atoms with van der Waals surface area (Å²) in [4.78, 5) is 20.0. The number of rotatable bonds is 4. The number of nitrogens with two attached hydrogens (primary N) is 1. The Hall–Kier alpha value is -1.69. The third-order valence-electron chi connectivity index (χ3n) is 3.72. The monoisotopic (exact) mass is 264 g/mol. The third kappa shape index (κ3) is 3.01. The number of anilines is 1. The molecule has 1 fully saturated rings. The summed E-state index contributed by atoms with van der Waals surface area (Å²) in [7, 11) is 0. The van der Waals surface area contributed by atoms with Gasteiger partial charge >= 0.3 is 0 Å². The molecule has 1 aromatic rings. The first-order chi connectivity index (χ1) is 9.01. The summed E-state index contributed by atoms with van der Waals surface area (Å²) in [5.74, 6) is 0.355. The van der Waals surface area contributed by atoms with Crippen molar-refractivity contribution in [2.24, 2.45) is 5.92 Å². The van der Waals surface area contributed by atoms with Gasteiger partial charge in [0.15, 0.2) is 0 Å². The van der Waals surface area contributed by atoms with E-state index in [0.29, 0.717) is 17.2 Å². The fourth-order valence-electron chi connectivity index (χ4n) is 2.47. The van der Waals surface area contributed by atoms with Crippen molar-refractivity contribution in [3.05, 3.63) is 17.5 Å². The van der Waals surface area contributed by atoms with Crippen LogP contribution in [0.15, 0.2) is 6.20 Å². The van der Waals surface area contributed by atoms with Crippen LogP contribution in [0.5, 0.6) is 0 Å². The number of nitrogens with zero attached hydrogens (tertiary/aromatic N) is 2. The van der Waals surface area contributed by atoms with Crippen LogP contribution in [0.1, 0.15) is 42.2 Å². The molecular formula is C13H20N4O2. The smallest absolute Gasteiger partial charge is 0.254 e. The average molecular weight is 264 g/mol. The minimum absolute atomic E-state index is 0.0906. The van der Waals surface area contributed by atoms with Crippen LogP contribution >= 0.6 is 0 Å². The van der Waals surface area contributed by atoms with E-state index in [4.69, 9.17) is 5.73 Å². The van der Waals surface area contributed by atoms with E-state index in [2.05, 4.69) is 15.3 Å². The lowest BCUT2D eigenvalue weighted by atomic mass is 9.76. The van der Waals surface area contributed by atoms with E-state index >= 15 is 0 Å². The van der Waals surface area contributed by atoms with Crippen LogP contribution in [-0.4, -0.2) is 33.1 Å². The topological polar surface area (TPSA) is 101 Å². The maximum atomic E-state index is 12.2. The molecule has 1 aliphatic carbocycles. The molecule has 6 nitrogen and oxygen atoms in total. The van der Waals surface area contributed by atoms with Crippen LogP contribution in [-0.2, 0) is 0 Å². The van der Waals surface area contributed by atoms with E-state index in [9.17, 15) is 9.90 Å². The Bertz CT molecular complexity index is 472. The summed E-state index contributed by atoms with van der Waals surface area (Å²) in [6, 6.07) is 0.0906. The number of hydrogen-bond donors (Lipinski definition) is 3. The van der Waals surface area contributed by atoms with E-state index in [-0.39, 0.29) is 24.0 Å². The molecule has 2 rings (SSSR count). The summed E-state index contributed by atoms with van der Waals surface area (Å²) >= 11 is 0. The number of nitrogens with one attached hydrogen (secondary N) is 1. The maximum Gasteiger partial charge on any atom is 0.254 e. The van der Waals surface area contributed by atoms with Crippen LogP contribution in [0, 0.1) is 12.8 Å². The van der Waals surface area contributed by atoms with Crippen molar-refractivity contribution in [2.45, 2.75) is 45.3 Å². The number of carbonyl (C=O) groups is 1. The van der Waals surface area contributed by atoms with Crippen molar-refractivity contribution >= 4 is 11.9 Å². The summed E-state index contributed by atoms with van der Waals surface area (Å²) in [6.45, 7) is 3.77. The molecule has 1 aromatic heterocycles. The molecule has 0 bridgehead atoms. The summed E-state index contributed by atoms with van der Waals surface area (Å²) in [5.41, 5.74) is 6.50. The number of nitrogen functional groups attached to an aromatic ring is 1. The van der Waals surface area contributed by atoms with Crippen LogP contribution in [0.2, 0.25) is 0 Å². The molecule has 4 N–H and O–H groups in total. The zero-order chi connectivity index (χ0) is 14.0. The van der Waals surface area contributed by atoms with E-state index in [1.807, 2.05) is 6.92 Å². The number of hydrogen-bond acceptors (Lipinski definition) is 5. The Morgan fingerprint density at radius 1 is 1.63 bits per heavy atom. The van der Waals surface area contributed by atoms with Gasteiger partial charge in [-0.25, -0.2) is 9.97 Å². The lowest BCUT2D eigenvalue weighted by Gasteiger charge is -2.37. The zero-order valence-electron chi connectivity index (χ0n) is 11.3. The lowest BCUT2D eigenvalue weighted by Crippen LogP contribution is -2.46. The van der Waals surface area contributed by atoms with Crippen LogP contribution in [0.25, 0.3) is 0 Å². The highest BCUT2D eigenvalue weighted by molar-refractivity contribution is 5.95. The van der Waals surface area contributed by atoms with Gasteiger partial charge in [0, 0.05) is 12.2 Å². The Morgan fingerprint density at radius 2 is 2.32 bits per heavy atom. The molecule has 1 amide bonds. The molecular weight excluding hydrogens is 244 g/mol. The van der Waals surface area contributed by atoms with Crippen molar-refractivity contribution < 1.29 is 9.90 Å². The maximum absolute atomic E-state index is 12.2. The van der Waals surface area contributed by atoms with Gasteiger partial charge in [0.2, 0.25) is 5.95 Å². The SMILES string of the molecule is CCC(NC(=O)c1cnc(N)nc1C)C1CC(O)C1. The first-order valence-corrected chi connectivity index (χ1v) is 6.59. The predicted octanol–water partition coefficient (Wildman–Crippen LogP) is 0.647. The highest BCUT2D eigenvalue weighted by atomic mass is 16.3. The molecule has 19 heavy (non-hydrogen) atoms. The molecule has 6 heteroatoms. The number of aromatic nitrogens is 2. The second kappa shape index (κ2) is 5.52. The first-order valence-electron chi connectivity index (χ1n) is 6.59. The van der Waals surface area contributed by atoms with Gasteiger partial charge in [0.05, 0.1) is 17.4 Å². The molecule has 1 heterocycles. The average Bonchev–Trinajstić information content (AvgIpc) is 2.32. The van der Waals surface area contributed by atoms with Gasteiger partial charge in [0.1, 0.15) is 0 Å². The van der Waals surface area contributed by atoms with E-state index in [0.717, 1.165) is 19.3 Å². The summed E-state index contributed by atoms with van der Waals surface area (Å²) < 4.78 is 0. The fourth-order valence-corrected chi connectivity index (χ4v) is 2.47. The largest absolute Gasteiger partial charge is 0.393 e. The van der Waals surface area contributed by atoms with E-state index in [1.165, 1.54) is 6.20 Å². The van der Waals surface area contributed by atoms with Crippen molar-refractivity contribution in [2.75, 3.05) is 5.73 Å². The quantitative estimate of drug-likeness (QED) is 0.741. The zero-order valence-corrected chi connectivity index (χ0v) is 11.3. The van der Waals surface area contributed by atoms with Gasteiger partial charge in [-0.2, -0.15) is 0 Å².